The highest BCUT2D eigenvalue weighted by molar-refractivity contribution is 7.92. The largest absolute Gasteiger partial charge is 0.381 e. The summed E-state index contributed by atoms with van der Waals surface area (Å²) in [5, 5.41) is 3.30. The summed E-state index contributed by atoms with van der Waals surface area (Å²) in [7, 11) is -3.27. The number of anilines is 1. The van der Waals surface area contributed by atoms with Crippen LogP contribution < -0.4 is 5.32 Å². The maximum Gasteiger partial charge on any atom is 0.259 e. The Kier molecular flexibility index (Phi) is 6.33. The molecule has 0 spiro atoms. The third-order valence-corrected chi connectivity index (χ3v) is 9.64. The van der Waals surface area contributed by atoms with Gasteiger partial charge in [0.1, 0.15) is 0 Å². The summed E-state index contributed by atoms with van der Waals surface area (Å²) in [6.07, 6.45) is 6.24. The third-order valence-electron chi connectivity index (χ3n) is 6.29. The molecule has 172 valence electrons. The van der Waals surface area contributed by atoms with Crippen molar-refractivity contribution in [3.8, 4) is 0 Å². The minimum atomic E-state index is -3.27. The highest BCUT2D eigenvalue weighted by Gasteiger charge is 2.37. The fraction of sp³-hybridized carbons (Fsp3) is 0.565. The van der Waals surface area contributed by atoms with Gasteiger partial charge in [-0.2, -0.15) is 0 Å². The monoisotopic (exact) mass is 476 g/mol. The van der Waals surface area contributed by atoms with Gasteiger partial charge in [0.15, 0.2) is 21.1 Å². The van der Waals surface area contributed by atoms with E-state index in [9.17, 15) is 13.2 Å². The van der Waals surface area contributed by atoms with Crippen molar-refractivity contribution in [3.63, 3.8) is 0 Å². The Labute approximate surface area is 192 Å². The number of carbonyl (C=O) groups is 1. The molecule has 1 aliphatic heterocycles. The van der Waals surface area contributed by atoms with Crippen LogP contribution in [0.15, 0.2) is 29.2 Å². The van der Waals surface area contributed by atoms with Crippen LogP contribution in [-0.4, -0.2) is 43.9 Å². The molecule has 7 nitrogen and oxygen atoms in total. The van der Waals surface area contributed by atoms with Crippen LogP contribution in [-0.2, 0) is 36.9 Å². The predicted octanol–water partition coefficient (Wildman–Crippen LogP) is 3.83. The van der Waals surface area contributed by atoms with Crippen LogP contribution in [0.4, 0.5) is 5.13 Å². The Hall–Kier alpha value is -1.81. The highest BCUT2D eigenvalue weighted by Crippen LogP contribution is 2.35. The van der Waals surface area contributed by atoms with Gasteiger partial charge < -0.3 is 9.47 Å². The zero-order valence-electron chi connectivity index (χ0n) is 17.9. The number of carbonyl (C=O) groups excluding carboxylic acids is 1. The molecule has 1 aromatic carbocycles. The Morgan fingerprint density at radius 3 is 2.50 bits per heavy atom. The maximum absolute atomic E-state index is 13.3. The number of fused-ring (bicyclic) bond motifs is 1. The van der Waals surface area contributed by atoms with Gasteiger partial charge in [-0.05, 0) is 69.1 Å². The lowest BCUT2D eigenvalue weighted by molar-refractivity contribution is -0.136. The van der Waals surface area contributed by atoms with Crippen molar-refractivity contribution in [2.45, 2.75) is 73.7 Å². The molecule has 32 heavy (non-hydrogen) atoms. The van der Waals surface area contributed by atoms with Crippen molar-refractivity contribution < 1.29 is 22.7 Å². The second kappa shape index (κ2) is 9.21. The van der Waals surface area contributed by atoms with Crippen LogP contribution in [0.25, 0.3) is 0 Å². The molecule has 1 N–H and O–H groups in total. The lowest BCUT2D eigenvalue weighted by Crippen LogP contribution is -2.31. The summed E-state index contributed by atoms with van der Waals surface area (Å²) in [6, 6.07) is 6.59. The first kappa shape index (κ1) is 22.0. The van der Waals surface area contributed by atoms with Crippen molar-refractivity contribution in [2.75, 3.05) is 18.5 Å². The summed E-state index contributed by atoms with van der Waals surface area (Å²) in [4.78, 5) is 19.5. The number of amides is 1. The van der Waals surface area contributed by atoms with Gasteiger partial charge in [0.05, 0.1) is 21.9 Å². The third kappa shape index (κ3) is 4.76. The molecule has 1 saturated carbocycles. The summed E-state index contributed by atoms with van der Waals surface area (Å²) in [6.45, 7) is 1.22. The predicted molar refractivity (Wildman–Crippen MR) is 122 cm³/mol. The Balaban J connectivity index is 1.37. The van der Waals surface area contributed by atoms with Gasteiger partial charge in [0.25, 0.3) is 5.91 Å². The second-order valence-corrected chi connectivity index (χ2v) is 12.0. The van der Waals surface area contributed by atoms with Crippen LogP contribution in [0.2, 0.25) is 0 Å². The van der Waals surface area contributed by atoms with Crippen molar-refractivity contribution in [1.82, 2.24) is 4.98 Å². The molecule has 2 heterocycles. The number of aromatic nitrogens is 1. The number of hydrogen-bond donors (Lipinski definition) is 1. The van der Waals surface area contributed by atoms with Gasteiger partial charge in [-0.15, -0.1) is 11.3 Å². The van der Waals surface area contributed by atoms with Gasteiger partial charge in [-0.3, -0.25) is 10.1 Å². The quantitative estimate of drug-likeness (QED) is 0.653. The zero-order chi connectivity index (χ0) is 22.1. The number of aryl methyl sites for hydroxylation is 2. The number of ether oxygens (including phenoxy) is 2. The fourth-order valence-corrected chi connectivity index (χ4v) is 6.99. The molecule has 2 fully saturated rings. The number of hydrogen-bond acceptors (Lipinski definition) is 7. The zero-order valence-corrected chi connectivity index (χ0v) is 19.6. The van der Waals surface area contributed by atoms with Gasteiger partial charge >= 0.3 is 0 Å². The van der Waals surface area contributed by atoms with E-state index in [2.05, 4.69) is 10.3 Å². The molecule has 1 aromatic heterocycles. The second-order valence-electron chi connectivity index (χ2n) is 8.73. The van der Waals surface area contributed by atoms with E-state index in [1.807, 2.05) is 0 Å². The molecule has 2 aliphatic carbocycles. The van der Waals surface area contributed by atoms with Crippen LogP contribution >= 0.6 is 11.3 Å². The lowest BCUT2D eigenvalue weighted by Gasteiger charge is -2.27. The number of nitrogens with zero attached hydrogens (tertiary/aromatic N) is 1. The van der Waals surface area contributed by atoms with Crippen LogP contribution in [0, 0.1) is 0 Å². The molecule has 5 rings (SSSR count). The summed E-state index contributed by atoms with van der Waals surface area (Å²) in [5.74, 6) is -0.277. The average Bonchev–Trinajstić information content (AvgIpc) is 3.59. The number of thiazole rings is 1. The molecule has 3 aliphatic rings. The first-order valence-corrected chi connectivity index (χ1v) is 13.7. The molecule has 9 heteroatoms. The molecule has 1 saturated heterocycles. The van der Waals surface area contributed by atoms with Gasteiger partial charge in [-0.1, -0.05) is 12.1 Å². The van der Waals surface area contributed by atoms with E-state index in [1.54, 1.807) is 35.6 Å². The van der Waals surface area contributed by atoms with Crippen LogP contribution in [0.5, 0.6) is 0 Å². The fourth-order valence-electron chi connectivity index (χ4n) is 4.28. The van der Waals surface area contributed by atoms with Crippen LogP contribution in [0.3, 0.4) is 0 Å². The molecule has 2 aromatic rings. The van der Waals surface area contributed by atoms with Crippen LogP contribution in [0.1, 0.15) is 60.8 Å². The summed E-state index contributed by atoms with van der Waals surface area (Å²) in [5.41, 5.74) is 1.73. The lowest BCUT2D eigenvalue weighted by atomic mass is 10.0. The van der Waals surface area contributed by atoms with Gasteiger partial charge in [0, 0.05) is 18.1 Å². The van der Waals surface area contributed by atoms with E-state index >= 15 is 0 Å². The highest BCUT2D eigenvalue weighted by atomic mass is 32.2. The molecular weight excluding hydrogens is 448 g/mol. The van der Waals surface area contributed by atoms with Crippen molar-refractivity contribution in [2.24, 2.45) is 0 Å². The van der Waals surface area contributed by atoms with Crippen molar-refractivity contribution >= 4 is 32.2 Å². The smallest absolute Gasteiger partial charge is 0.259 e. The number of sulfone groups is 1. The topological polar surface area (TPSA) is 94.6 Å². The van der Waals surface area contributed by atoms with Gasteiger partial charge in [0.2, 0.25) is 0 Å². The van der Waals surface area contributed by atoms with E-state index in [4.69, 9.17) is 9.47 Å². The molecular formula is C23H28N2O5S2. The number of nitrogens with one attached hydrogen (secondary N) is 1. The standard InChI is InChI=1S/C23H28N2O5S2/c26-22(25-23-24-19-3-1-2-4-20(19)31-23)21(30-16-11-13-29-14-12-16)15-5-7-17(8-6-15)32(27,28)18-9-10-18/h5-8,16,18,21H,1-4,9-14H2,(H,24,25,26). The minimum Gasteiger partial charge on any atom is -0.381 e. The maximum atomic E-state index is 13.3. The number of benzene rings is 1. The Bertz CT molecular complexity index is 1050. The summed E-state index contributed by atoms with van der Waals surface area (Å²) >= 11 is 1.54. The van der Waals surface area contributed by atoms with E-state index in [0.717, 1.165) is 57.1 Å². The number of rotatable bonds is 7. The Morgan fingerprint density at radius 1 is 1.09 bits per heavy atom. The molecule has 1 atom stereocenters. The molecule has 1 amide bonds. The first-order valence-electron chi connectivity index (χ1n) is 11.4. The van der Waals surface area contributed by atoms with E-state index in [1.165, 1.54) is 4.88 Å². The SMILES string of the molecule is O=C(Nc1nc2c(s1)CCCC2)C(OC1CCOCC1)c1ccc(S(=O)(=O)C2CC2)cc1. The molecule has 1 unspecified atom stereocenters. The normalized spacial score (nSPS) is 20.5. The molecule has 0 radical (unpaired) electrons. The minimum absolute atomic E-state index is 0.0844. The summed E-state index contributed by atoms with van der Waals surface area (Å²) < 4.78 is 36.7. The molecule has 0 bridgehead atoms. The van der Waals surface area contributed by atoms with Gasteiger partial charge in [-0.25, -0.2) is 13.4 Å². The Morgan fingerprint density at radius 2 is 1.81 bits per heavy atom. The van der Waals surface area contributed by atoms with Crippen molar-refractivity contribution in [1.29, 1.82) is 0 Å². The van der Waals surface area contributed by atoms with Crippen molar-refractivity contribution in [3.05, 3.63) is 40.4 Å². The van der Waals surface area contributed by atoms with E-state index in [0.29, 0.717) is 28.8 Å². The van der Waals surface area contributed by atoms with E-state index in [-0.39, 0.29) is 17.3 Å². The first-order chi connectivity index (χ1) is 15.5. The average molecular weight is 477 g/mol. The van der Waals surface area contributed by atoms with E-state index < -0.39 is 15.9 Å².